The fourth-order valence-electron chi connectivity index (χ4n) is 3.71. The molecule has 0 aromatic heterocycles. The first-order valence-electron chi connectivity index (χ1n) is 10.9. The number of benzene rings is 3. The highest BCUT2D eigenvalue weighted by atomic mass is 35.5. The smallest absolute Gasteiger partial charge is 0.279 e. The molecule has 0 unspecified atom stereocenters. The predicted molar refractivity (Wildman–Crippen MR) is 135 cm³/mol. The molecule has 0 fully saturated rings. The fraction of sp³-hybridized carbons (Fsp3) is 0.148. The Labute approximate surface area is 208 Å². The molecule has 3 aromatic rings. The number of amides is 3. The summed E-state index contributed by atoms with van der Waals surface area (Å²) in [5.74, 6) is -0.903. The largest absolute Gasteiger partial charge is 0.495 e. The van der Waals surface area contributed by atoms with Gasteiger partial charge in [-0.05, 0) is 54.8 Å². The lowest BCUT2D eigenvalue weighted by molar-refractivity contribution is -0.138. The minimum Gasteiger partial charge on any atom is -0.495 e. The Bertz CT molecular complexity index is 1350. The predicted octanol–water partition coefficient (Wildman–Crippen LogP) is 5.00. The SMILES string of the molecule is COc1ccc(C)cc1NC(=O)c1ccc(C)c(NC2=C(Cl)C(=O)N(Cc3ccccc3)C2=O)c1. The van der Waals surface area contributed by atoms with E-state index in [1.807, 2.05) is 56.3 Å². The van der Waals surface area contributed by atoms with E-state index in [2.05, 4.69) is 10.6 Å². The summed E-state index contributed by atoms with van der Waals surface area (Å²) in [5, 5.41) is 5.65. The van der Waals surface area contributed by atoms with Crippen LogP contribution in [0.15, 0.2) is 77.5 Å². The zero-order chi connectivity index (χ0) is 25.1. The maximum absolute atomic E-state index is 13.0. The Morgan fingerprint density at radius 3 is 2.40 bits per heavy atom. The van der Waals surface area contributed by atoms with Gasteiger partial charge < -0.3 is 15.4 Å². The first-order valence-corrected chi connectivity index (χ1v) is 11.3. The van der Waals surface area contributed by atoms with Gasteiger partial charge in [0.1, 0.15) is 16.5 Å². The molecule has 3 amide bonds. The third-order valence-electron chi connectivity index (χ3n) is 5.66. The molecule has 0 radical (unpaired) electrons. The summed E-state index contributed by atoms with van der Waals surface area (Å²) in [6.07, 6.45) is 0. The van der Waals surface area contributed by atoms with Gasteiger partial charge in [-0.2, -0.15) is 0 Å². The van der Waals surface area contributed by atoms with E-state index in [1.54, 1.807) is 24.3 Å². The number of hydrogen-bond acceptors (Lipinski definition) is 5. The minimum atomic E-state index is -0.568. The van der Waals surface area contributed by atoms with E-state index in [4.69, 9.17) is 16.3 Å². The quantitative estimate of drug-likeness (QED) is 0.456. The zero-order valence-corrected chi connectivity index (χ0v) is 20.3. The fourth-order valence-corrected chi connectivity index (χ4v) is 3.94. The molecule has 1 aliphatic rings. The Hall–Kier alpha value is -4.10. The number of carbonyl (C=O) groups excluding carboxylic acids is 3. The van der Waals surface area contributed by atoms with Crippen molar-refractivity contribution in [1.82, 2.24) is 4.90 Å². The van der Waals surface area contributed by atoms with E-state index in [9.17, 15) is 14.4 Å². The lowest BCUT2D eigenvalue weighted by atomic mass is 10.1. The van der Waals surface area contributed by atoms with Crippen molar-refractivity contribution in [2.75, 3.05) is 17.7 Å². The summed E-state index contributed by atoms with van der Waals surface area (Å²) in [6.45, 7) is 3.85. The van der Waals surface area contributed by atoms with Crippen LogP contribution in [0.2, 0.25) is 0 Å². The molecule has 0 aliphatic carbocycles. The molecule has 4 rings (SSSR count). The average Bonchev–Trinajstić information content (AvgIpc) is 3.04. The summed E-state index contributed by atoms with van der Waals surface area (Å²) in [5.41, 5.74) is 3.93. The van der Waals surface area contributed by atoms with Gasteiger partial charge >= 0.3 is 0 Å². The summed E-state index contributed by atoms with van der Waals surface area (Å²) in [4.78, 5) is 39.7. The lowest BCUT2D eigenvalue weighted by Gasteiger charge is -2.16. The second-order valence-corrected chi connectivity index (χ2v) is 8.56. The maximum atomic E-state index is 13.0. The van der Waals surface area contributed by atoms with Gasteiger partial charge in [-0.15, -0.1) is 0 Å². The van der Waals surface area contributed by atoms with Gasteiger partial charge in [-0.1, -0.05) is 54.1 Å². The summed E-state index contributed by atoms with van der Waals surface area (Å²) in [7, 11) is 1.53. The van der Waals surface area contributed by atoms with Crippen molar-refractivity contribution in [3.05, 3.63) is 99.7 Å². The topological polar surface area (TPSA) is 87.7 Å². The van der Waals surface area contributed by atoms with E-state index in [0.29, 0.717) is 22.7 Å². The molecule has 1 aliphatic heterocycles. The highest BCUT2D eigenvalue weighted by Crippen LogP contribution is 2.30. The molecule has 7 nitrogen and oxygen atoms in total. The molecule has 1 heterocycles. The molecule has 3 aromatic carbocycles. The van der Waals surface area contributed by atoms with Crippen molar-refractivity contribution in [3.63, 3.8) is 0 Å². The third kappa shape index (κ3) is 5.05. The maximum Gasteiger partial charge on any atom is 0.279 e. The second-order valence-electron chi connectivity index (χ2n) is 8.18. The molecule has 0 bridgehead atoms. The van der Waals surface area contributed by atoms with Gasteiger partial charge in [0.15, 0.2) is 0 Å². The number of methoxy groups -OCH3 is 1. The molecule has 0 atom stereocenters. The lowest BCUT2D eigenvalue weighted by Crippen LogP contribution is -2.31. The monoisotopic (exact) mass is 489 g/mol. The number of hydrogen-bond donors (Lipinski definition) is 2. The average molecular weight is 490 g/mol. The molecule has 35 heavy (non-hydrogen) atoms. The standard InChI is InChI=1S/C27H24ClN3O4/c1-16-9-12-22(35-3)21(13-16)30-25(32)19-11-10-17(2)20(14-19)29-24-23(28)26(33)31(27(24)34)15-18-7-5-4-6-8-18/h4-14,29H,15H2,1-3H3,(H,30,32). The van der Waals surface area contributed by atoms with Crippen LogP contribution in [0.4, 0.5) is 11.4 Å². The first-order chi connectivity index (χ1) is 16.8. The zero-order valence-electron chi connectivity index (χ0n) is 19.5. The van der Waals surface area contributed by atoms with Crippen LogP contribution in [0.1, 0.15) is 27.0 Å². The van der Waals surface area contributed by atoms with Gasteiger partial charge in [0.2, 0.25) is 0 Å². The van der Waals surface area contributed by atoms with E-state index in [-0.39, 0.29) is 23.2 Å². The molecule has 2 N–H and O–H groups in total. The number of nitrogens with zero attached hydrogens (tertiary/aromatic N) is 1. The molecule has 8 heteroatoms. The van der Waals surface area contributed by atoms with Crippen LogP contribution in [-0.4, -0.2) is 29.7 Å². The van der Waals surface area contributed by atoms with Crippen LogP contribution < -0.4 is 15.4 Å². The Morgan fingerprint density at radius 1 is 0.943 bits per heavy atom. The molecular formula is C27H24ClN3O4. The number of aryl methyl sites for hydroxylation is 2. The second kappa shape index (κ2) is 10.0. The van der Waals surface area contributed by atoms with Crippen LogP contribution in [0.25, 0.3) is 0 Å². The highest BCUT2D eigenvalue weighted by Gasteiger charge is 2.38. The van der Waals surface area contributed by atoms with Crippen molar-refractivity contribution >= 4 is 40.7 Å². The van der Waals surface area contributed by atoms with E-state index < -0.39 is 11.8 Å². The van der Waals surface area contributed by atoms with Crippen LogP contribution >= 0.6 is 11.6 Å². The number of nitrogens with one attached hydrogen (secondary N) is 2. The van der Waals surface area contributed by atoms with Crippen LogP contribution in [0, 0.1) is 13.8 Å². The number of anilines is 2. The Kier molecular flexibility index (Phi) is 6.89. The number of imide groups is 1. The van der Waals surface area contributed by atoms with E-state index >= 15 is 0 Å². The van der Waals surface area contributed by atoms with Crippen molar-refractivity contribution in [2.24, 2.45) is 0 Å². The van der Waals surface area contributed by atoms with Gasteiger partial charge in [-0.25, -0.2) is 0 Å². The van der Waals surface area contributed by atoms with Gasteiger partial charge in [-0.3, -0.25) is 19.3 Å². The number of rotatable bonds is 7. The molecular weight excluding hydrogens is 466 g/mol. The summed E-state index contributed by atoms with van der Waals surface area (Å²) >= 11 is 6.26. The number of halogens is 1. The number of ether oxygens (including phenoxy) is 1. The van der Waals surface area contributed by atoms with Gasteiger partial charge in [0.25, 0.3) is 17.7 Å². The molecule has 178 valence electrons. The van der Waals surface area contributed by atoms with E-state index in [0.717, 1.165) is 21.6 Å². The highest BCUT2D eigenvalue weighted by molar-refractivity contribution is 6.48. The first kappa shape index (κ1) is 24.0. The number of carbonyl (C=O) groups is 3. The van der Waals surface area contributed by atoms with E-state index in [1.165, 1.54) is 7.11 Å². The van der Waals surface area contributed by atoms with Crippen molar-refractivity contribution in [1.29, 1.82) is 0 Å². The van der Waals surface area contributed by atoms with Gasteiger partial charge in [0.05, 0.1) is 19.3 Å². The van der Waals surface area contributed by atoms with Crippen LogP contribution in [-0.2, 0) is 16.1 Å². The molecule has 0 spiro atoms. The van der Waals surface area contributed by atoms with Gasteiger partial charge in [0, 0.05) is 11.3 Å². The summed E-state index contributed by atoms with van der Waals surface area (Å²) < 4.78 is 5.33. The van der Waals surface area contributed by atoms with Crippen molar-refractivity contribution < 1.29 is 19.1 Å². The third-order valence-corrected chi connectivity index (χ3v) is 6.01. The van der Waals surface area contributed by atoms with Crippen LogP contribution in [0.5, 0.6) is 5.75 Å². The molecule has 0 saturated carbocycles. The minimum absolute atomic E-state index is 0.0198. The normalized spacial score (nSPS) is 13.3. The van der Waals surface area contributed by atoms with Crippen molar-refractivity contribution in [2.45, 2.75) is 20.4 Å². The molecule has 0 saturated heterocycles. The van der Waals surface area contributed by atoms with Crippen LogP contribution in [0.3, 0.4) is 0 Å². The Morgan fingerprint density at radius 2 is 1.69 bits per heavy atom. The van der Waals surface area contributed by atoms with Crippen molar-refractivity contribution in [3.8, 4) is 5.75 Å². The summed E-state index contributed by atoms with van der Waals surface area (Å²) in [6, 6.07) is 19.7. The Balaban J connectivity index is 1.55.